The standard InChI is InChI=1S/C17H19N3O3/c1-12-10-15(21)16(17(22)19-8-9-23-13(2)11-19)18-20(12)14-6-4-3-5-7-14/h3-7,10,13H,8-9,11H2,1-2H3/t13-/m1/s1. The monoisotopic (exact) mass is 313 g/mol. The lowest BCUT2D eigenvalue weighted by atomic mass is 10.2. The Bertz CT molecular complexity index is 770. The molecule has 0 radical (unpaired) electrons. The summed E-state index contributed by atoms with van der Waals surface area (Å²) >= 11 is 0. The van der Waals surface area contributed by atoms with Crippen molar-refractivity contribution in [1.29, 1.82) is 0 Å². The van der Waals surface area contributed by atoms with Crippen LogP contribution >= 0.6 is 0 Å². The number of ether oxygens (including phenoxy) is 1. The van der Waals surface area contributed by atoms with Gasteiger partial charge in [0.15, 0.2) is 5.69 Å². The summed E-state index contributed by atoms with van der Waals surface area (Å²) < 4.78 is 7.06. The number of benzene rings is 1. The highest BCUT2D eigenvalue weighted by molar-refractivity contribution is 5.92. The Hall–Kier alpha value is -2.47. The van der Waals surface area contributed by atoms with Crippen LogP contribution in [0.3, 0.4) is 0 Å². The fraction of sp³-hybridized carbons (Fsp3) is 0.353. The number of hydrogen-bond acceptors (Lipinski definition) is 4. The van der Waals surface area contributed by atoms with Gasteiger partial charge in [-0.25, -0.2) is 4.68 Å². The van der Waals surface area contributed by atoms with Crippen LogP contribution in [0.2, 0.25) is 0 Å². The molecule has 0 bridgehead atoms. The van der Waals surface area contributed by atoms with Crippen molar-refractivity contribution in [3.05, 3.63) is 58.0 Å². The zero-order chi connectivity index (χ0) is 16.4. The predicted octanol–water partition coefficient (Wildman–Crippen LogP) is 1.40. The Balaban J connectivity index is 1.99. The zero-order valence-electron chi connectivity index (χ0n) is 13.2. The van der Waals surface area contributed by atoms with Crippen molar-refractivity contribution in [3.8, 4) is 5.69 Å². The predicted molar refractivity (Wildman–Crippen MR) is 85.9 cm³/mol. The van der Waals surface area contributed by atoms with Gasteiger partial charge in [-0.05, 0) is 26.0 Å². The molecule has 2 aromatic rings. The third kappa shape index (κ3) is 3.17. The van der Waals surface area contributed by atoms with Crippen LogP contribution in [0.15, 0.2) is 41.2 Å². The number of nitrogens with zero attached hydrogens (tertiary/aromatic N) is 3. The molecule has 1 aromatic heterocycles. The fourth-order valence-electron chi connectivity index (χ4n) is 2.68. The first-order valence-electron chi connectivity index (χ1n) is 7.63. The van der Waals surface area contributed by atoms with Crippen LogP contribution in [0.5, 0.6) is 0 Å². The molecule has 6 nitrogen and oxygen atoms in total. The molecule has 1 atom stereocenters. The number of aryl methyl sites for hydroxylation is 1. The van der Waals surface area contributed by atoms with Gasteiger partial charge in [0.2, 0.25) is 5.43 Å². The van der Waals surface area contributed by atoms with Crippen LogP contribution in [0.4, 0.5) is 0 Å². The Morgan fingerprint density at radius 2 is 2.04 bits per heavy atom. The van der Waals surface area contributed by atoms with E-state index in [4.69, 9.17) is 4.74 Å². The van der Waals surface area contributed by atoms with Gasteiger partial charge in [-0.3, -0.25) is 9.59 Å². The fourth-order valence-corrected chi connectivity index (χ4v) is 2.68. The van der Waals surface area contributed by atoms with E-state index < -0.39 is 0 Å². The summed E-state index contributed by atoms with van der Waals surface area (Å²) in [5.74, 6) is -0.338. The molecule has 120 valence electrons. The van der Waals surface area contributed by atoms with Crippen molar-refractivity contribution in [2.24, 2.45) is 0 Å². The average molecular weight is 313 g/mol. The smallest absolute Gasteiger partial charge is 0.278 e. The maximum Gasteiger partial charge on any atom is 0.278 e. The molecular formula is C17H19N3O3. The van der Waals surface area contributed by atoms with E-state index in [1.165, 1.54) is 6.07 Å². The Morgan fingerprint density at radius 3 is 2.74 bits per heavy atom. The van der Waals surface area contributed by atoms with E-state index in [9.17, 15) is 9.59 Å². The van der Waals surface area contributed by atoms with Crippen LogP contribution in [-0.4, -0.2) is 46.4 Å². The lowest BCUT2D eigenvalue weighted by Gasteiger charge is -2.30. The third-order valence-electron chi connectivity index (χ3n) is 3.84. The minimum atomic E-state index is -0.348. The van der Waals surface area contributed by atoms with Crippen molar-refractivity contribution in [2.75, 3.05) is 19.7 Å². The summed E-state index contributed by atoms with van der Waals surface area (Å²) in [6, 6.07) is 10.9. The Morgan fingerprint density at radius 1 is 1.30 bits per heavy atom. The van der Waals surface area contributed by atoms with Crippen LogP contribution in [0, 0.1) is 6.92 Å². The second-order valence-corrected chi connectivity index (χ2v) is 5.68. The van der Waals surface area contributed by atoms with E-state index in [2.05, 4.69) is 5.10 Å². The number of aromatic nitrogens is 2. The van der Waals surface area contributed by atoms with E-state index in [0.29, 0.717) is 25.4 Å². The number of hydrogen-bond donors (Lipinski definition) is 0. The first kappa shape index (κ1) is 15.4. The lowest BCUT2D eigenvalue weighted by Crippen LogP contribution is -2.46. The number of amides is 1. The molecule has 0 spiro atoms. The highest BCUT2D eigenvalue weighted by Crippen LogP contribution is 2.10. The summed E-state index contributed by atoms with van der Waals surface area (Å²) in [6.45, 7) is 5.13. The molecular weight excluding hydrogens is 294 g/mol. The molecule has 6 heteroatoms. The van der Waals surface area contributed by atoms with E-state index in [1.807, 2.05) is 37.3 Å². The van der Waals surface area contributed by atoms with Gasteiger partial charge in [0.1, 0.15) is 0 Å². The van der Waals surface area contributed by atoms with Gasteiger partial charge in [0, 0.05) is 24.8 Å². The second-order valence-electron chi connectivity index (χ2n) is 5.68. The Labute approximate surface area is 134 Å². The van der Waals surface area contributed by atoms with Crippen molar-refractivity contribution in [3.63, 3.8) is 0 Å². The van der Waals surface area contributed by atoms with Gasteiger partial charge in [0.25, 0.3) is 5.91 Å². The summed E-state index contributed by atoms with van der Waals surface area (Å²) in [5, 5.41) is 4.31. The quantitative estimate of drug-likeness (QED) is 0.841. The molecule has 1 amide bonds. The second kappa shape index (κ2) is 6.34. The summed E-state index contributed by atoms with van der Waals surface area (Å²) in [6.07, 6.45) is -0.0329. The lowest BCUT2D eigenvalue weighted by molar-refractivity contribution is -0.0127. The largest absolute Gasteiger partial charge is 0.375 e. The minimum Gasteiger partial charge on any atom is -0.375 e. The molecule has 0 N–H and O–H groups in total. The normalized spacial score (nSPS) is 18.0. The van der Waals surface area contributed by atoms with Crippen LogP contribution in [0.1, 0.15) is 23.1 Å². The summed E-state index contributed by atoms with van der Waals surface area (Å²) in [4.78, 5) is 26.5. The number of morpholine rings is 1. The van der Waals surface area contributed by atoms with E-state index >= 15 is 0 Å². The average Bonchev–Trinajstić information content (AvgIpc) is 2.55. The SMILES string of the molecule is Cc1cc(=O)c(C(=O)N2CCO[C@H](C)C2)nn1-c1ccccc1. The molecule has 1 aliphatic rings. The van der Waals surface area contributed by atoms with Gasteiger partial charge in [-0.1, -0.05) is 18.2 Å². The topological polar surface area (TPSA) is 64.4 Å². The molecule has 0 unspecified atom stereocenters. The summed E-state index contributed by atoms with van der Waals surface area (Å²) in [7, 11) is 0. The first-order chi connectivity index (χ1) is 11.1. The number of carbonyl (C=O) groups is 1. The minimum absolute atomic E-state index is 0.0329. The van der Waals surface area contributed by atoms with Gasteiger partial charge < -0.3 is 9.64 Å². The van der Waals surface area contributed by atoms with Gasteiger partial charge in [-0.15, -0.1) is 0 Å². The van der Waals surface area contributed by atoms with Gasteiger partial charge in [0.05, 0.1) is 18.4 Å². The Kier molecular flexibility index (Phi) is 4.25. The highest BCUT2D eigenvalue weighted by Gasteiger charge is 2.26. The number of para-hydroxylation sites is 1. The van der Waals surface area contributed by atoms with E-state index in [0.717, 1.165) is 5.69 Å². The van der Waals surface area contributed by atoms with Gasteiger partial charge >= 0.3 is 0 Å². The molecule has 0 aliphatic carbocycles. The molecule has 2 heterocycles. The van der Waals surface area contributed by atoms with Crippen molar-refractivity contribution in [2.45, 2.75) is 20.0 Å². The molecule has 0 saturated carbocycles. The zero-order valence-corrected chi connectivity index (χ0v) is 13.2. The van der Waals surface area contributed by atoms with Crippen molar-refractivity contribution >= 4 is 5.91 Å². The molecule has 1 aromatic carbocycles. The molecule has 1 aliphatic heterocycles. The van der Waals surface area contributed by atoms with Crippen LogP contribution < -0.4 is 5.43 Å². The van der Waals surface area contributed by atoms with Crippen molar-refractivity contribution in [1.82, 2.24) is 14.7 Å². The molecule has 1 fully saturated rings. The first-order valence-corrected chi connectivity index (χ1v) is 7.63. The highest BCUT2D eigenvalue weighted by atomic mass is 16.5. The van der Waals surface area contributed by atoms with E-state index in [1.54, 1.807) is 16.5 Å². The van der Waals surface area contributed by atoms with Gasteiger partial charge in [-0.2, -0.15) is 5.10 Å². The van der Waals surface area contributed by atoms with Crippen LogP contribution in [-0.2, 0) is 4.74 Å². The third-order valence-corrected chi connectivity index (χ3v) is 3.84. The molecule has 3 rings (SSSR count). The maximum atomic E-state index is 12.7. The number of carbonyl (C=O) groups excluding carboxylic acids is 1. The summed E-state index contributed by atoms with van der Waals surface area (Å²) in [5.41, 5.74) is 1.11. The van der Waals surface area contributed by atoms with Crippen LogP contribution in [0.25, 0.3) is 5.69 Å². The van der Waals surface area contributed by atoms with E-state index in [-0.39, 0.29) is 23.1 Å². The molecule has 23 heavy (non-hydrogen) atoms. The number of rotatable bonds is 2. The van der Waals surface area contributed by atoms with Crippen molar-refractivity contribution < 1.29 is 9.53 Å². The molecule has 1 saturated heterocycles. The maximum absolute atomic E-state index is 12.7.